The van der Waals surface area contributed by atoms with Gasteiger partial charge in [-0.3, -0.25) is 10.00 Å². The Kier molecular flexibility index (Phi) is 5.53. The van der Waals surface area contributed by atoms with E-state index in [0.29, 0.717) is 26.1 Å². The number of hydrazine groups is 1. The second-order valence-electron chi connectivity index (χ2n) is 7.99. The molecule has 5 N–H and O–H groups in total. The summed E-state index contributed by atoms with van der Waals surface area (Å²) in [6.45, 7) is 7.19. The van der Waals surface area contributed by atoms with Gasteiger partial charge >= 0.3 is 12.2 Å². The van der Waals surface area contributed by atoms with Crippen LogP contribution in [0.3, 0.4) is 0 Å². The predicted octanol–water partition coefficient (Wildman–Crippen LogP) is 1.44. The van der Waals surface area contributed by atoms with Crippen LogP contribution in [-0.2, 0) is 6.54 Å². The first kappa shape index (κ1) is 20.7. The first-order valence-electron chi connectivity index (χ1n) is 9.22. The van der Waals surface area contributed by atoms with Crippen molar-refractivity contribution in [2.45, 2.75) is 45.5 Å². The van der Waals surface area contributed by atoms with Crippen LogP contribution in [0.15, 0.2) is 23.7 Å². The molecule has 0 bridgehead atoms. The molecule has 0 aromatic carbocycles. The molecular weight excluding hydrogens is 380 g/mol. The minimum Gasteiger partial charge on any atom is -0.465 e. The average molecular weight is 406 g/mol. The number of nitrogens with one attached hydrogen (secondary N) is 2. The highest BCUT2D eigenvalue weighted by Gasteiger charge is 2.39. The molecule has 0 fully saturated rings. The monoisotopic (exact) mass is 406 g/mol. The number of rotatable bonds is 0. The molecule has 0 aliphatic carbocycles. The molecule has 1 aromatic heterocycles. The third kappa shape index (κ3) is 4.35. The number of aromatic amines is 1. The van der Waals surface area contributed by atoms with Crippen molar-refractivity contribution in [2.24, 2.45) is 0 Å². The van der Waals surface area contributed by atoms with E-state index in [1.807, 2.05) is 25.8 Å². The fourth-order valence-electron chi connectivity index (χ4n) is 3.43. The van der Waals surface area contributed by atoms with Gasteiger partial charge in [-0.2, -0.15) is 5.10 Å². The molecule has 0 radical (unpaired) electrons. The molecule has 0 saturated heterocycles. The van der Waals surface area contributed by atoms with Crippen LogP contribution in [-0.4, -0.2) is 77.4 Å². The number of hydrogen-bond acceptors (Lipinski definition) is 6. The number of H-pyrrole nitrogens is 1. The Bertz CT molecular complexity index is 855. The van der Waals surface area contributed by atoms with Crippen molar-refractivity contribution in [3.63, 3.8) is 0 Å². The van der Waals surface area contributed by atoms with Gasteiger partial charge in [0.15, 0.2) is 0 Å². The minimum atomic E-state index is -0.952. The second kappa shape index (κ2) is 7.76. The molecule has 11 heteroatoms. The Morgan fingerprint density at radius 3 is 2.55 bits per heavy atom. The summed E-state index contributed by atoms with van der Waals surface area (Å²) in [6, 6.07) is 0. The predicted molar refractivity (Wildman–Crippen MR) is 103 cm³/mol. The lowest BCUT2D eigenvalue weighted by atomic mass is 10.0. The highest BCUT2D eigenvalue weighted by molar-refractivity contribution is 5.70. The zero-order valence-corrected chi connectivity index (χ0v) is 16.6. The van der Waals surface area contributed by atoms with Gasteiger partial charge in [0.2, 0.25) is 0 Å². The van der Waals surface area contributed by atoms with Crippen LogP contribution in [0, 0.1) is 0 Å². The molecule has 158 valence electrons. The minimum absolute atomic E-state index is 0.195. The van der Waals surface area contributed by atoms with E-state index in [2.05, 4.69) is 15.6 Å². The standard InChI is InChI=1S/C11H19N3O3.C7H7N3O2/c1-11(2,3)14-8-6-13(10(16)17)5-4-7(8)9(15)12-14;11-7(12)10-2-1-5-3-8-9-6(5)4-10/h9,12,15H,4-6H2,1-3H3,(H,16,17);1-3H,4H2,(H,8,9)(H,11,12). The van der Waals surface area contributed by atoms with Crippen LogP contribution < -0.4 is 5.43 Å². The number of carbonyl (C=O) groups is 2. The molecule has 1 unspecified atom stereocenters. The summed E-state index contributed by atoms with van der Waals surface area (Å²) in [7, 11) is 0. The Balaban J connectivity index is 0.000000176. The lowest BCUT2D eigenvalue weighted by Gasteiger charge is -2.38. The highest BCUT2D eigenvalue weighted by Crippen LogP contribution is 2.32. The number of aliphatic hydroxyl groups is 1. The number of aromatic nitrogens is 2. The average Bonchev–Trinajstić information content (AvgIpc) is 3.25. The SMILES string of the molecule is CC(C)(C)N1NC(O)C2=C1CN(C(=O)O)CC2.O=C(O)N1C=Cc2cn[nH]c2C1. The number of hydrogen-bond donors (Lipinski definition) is 5. The van der Waals surface area contributed by atoms with E-state index in [1.165, 1.54) is 16.0 Å². The summed E-state index contributed by atoms with van der Waals surface area (Å²) in [5, 5.41) is 36.0. The van der Waals surface area contributed by atoms with Crippen molar-refractivity contribution in [1.29, 1.82) is 0 Å². The first-order chi connectivity index (χ1) is 13.6. The van der Waals surface area contributed by atoms with Crippen LogP contribution in [0.4, 0.5) is 9.59 Å². The molecule has 29 heavy (non-hydrogen) atoms. The Morgan fingerprint density at radius 2 is 1.93 bits per heavy atom. The summed E-state index contributed by atoms with van der Waals surface area (Å²) in [6.07, 6.45) is 2.96. The van der Waals surface area contributed by atoms with Gasteiger partial charge in [-0.15, -0.1) is 0 Å². The van der Waals surface area contributed by atoms with Gasteiger partial charge in [0, 0.05) is 23.8 Å². The van der Waals surface area contributed by atoms with Gasteiger partial charge < -0.3 is 25.2 Å². The number of nitrogens with zero attached hydrogens (tertiary/aromatic N) is 4. The van der Waals surface area contributed by atoms with E-state index >= 15 is 0 Å². The number of fused-ring (bicyclic) bond motifs is 1. The zero-order chi connectivity index (χ0) is 21.3. The summed E-state index contributed by atoms with van der Waals surface area (Å²) in [5.74, 6) is 0. The van der Waals surface area contributed by atoms with E-state index < -0.39 is 18.4 Å². The molecule has 11 nitrogen and oxygen atoms in total. The summed E-state index contributed by atoms with van der Waals surface area (Å²) < 4.78 is 0. The molecule has 0 saturated carbocycles. The molecule has 3 aliphatic heterocycles. The van der Waals surface area contributed by atoms with Gasteiger partial charge in [-0.05, 0) is 38.8 Å². The van der Waals surface area contributed by atoms with E-state index in [4.69, 9.17) is 10.2 Å². The largest absolute Gasteiger partial charge is 0.465 e. The summed E-state index contributed by atoms with van der Waals surface area (Å²) in [4.78, 5) is 24.1. The van der Waals surface area contributed by atoms with Crippen molar-refractivity contribution in [3.05, 3.63) is 34.9 Å². The first-order valence-corrected chi connectivity index (χ1v) is 9.22. The van der Waals surface area contributed by atoms with Gasteiger partial charge in [0.05, 0.1) is 30.7 Å². The van der Waals surface area contributed by atoms with E-state index in [-0.39, 0.29) is 5.54 Å². The van der Waals surface area contributed by atoms with Gasteiger partial charge in [-0.1, -0.05) is 0 Å². The van der Waals surface area contributed by atoms with Crippen molar-refractivity contribution < 1.29 is 24.9 Å². The third-order valence-electron chi connectivity index (χ3n) is 4.91. The number of amides is 2. The highest BCUT2D eigenvalue weighted by atomic mass is 16.4. The number of aliphatic hydroxyl groups excluding tert-OH is 1. The third-order valence-corrected chi connectivity index (χ3v) is 4.91. The van der Waals surface area contributed by atoms with Crippen LogP contribution >= 0.6 is 0 Å². The lowest BCUT2D eigenvalue weighted by Crippen LogP contribution is -2.50. The van der Waals surface area contributed by atoms with Crippen molar-refractivity contribution >= 4 is 18.3 Å². The second-order valence-corrected chi connectivity index (χ2v) is 7.99. The summed E-state index contributed by atoms with van der Waals surface area (Å²) >= 11 is 0. The van der Waals surface area contributed by atoms with Crippen molar-refractivity contribution in [3.8, 4) is 0 Å². The normalized spacial score (nSPS) is 20.8. The molecule has 3 aliphatic rings. The van der Waals surface area contributed by atoms with Crippen molar-refractivity contribution in [2.75, 3.05) is 13.1 Å². The molecule has 1 atom stereocenters. The quantitative estimate of drug-likeness (QED) is 0.435. The van der Waals surface area contributed by atoms with E-state index in [0.717, 1.165) is 22.5 Å². The molecule has 4 heterocycles. The summed E-state index contributed by atoms with van der Waals surface area (Å²) in [5.41, 5.74) is 6.38. The smallest absolute Gasteiger partial charge is 0.411 e. The maximum absolute atomic E-state index is 11.0. The van der Waals surface area contributed by atoms with Gasteiger partial charge in [-0.25, -0.2) is 15.0 Å². The number of carboxylic acid groups (broad SMARTS) is 2. The van der Waals surface area contributed by atoms with Gasteiger partial charge in [0.1, 0.15) is 6.23 Å². The fraction of sp³-hybridized carbons (Fsp3) is 0.500. The Labute approximate surface area is 167 Å². The van der Waals surface area contributed by atoms with Crippen molar-refractivity contribution in [1.82, 2.24) is 30.4 Å². The van der Waals surface area contributed by atoms with Gasteiger partial charge in [0.25, 0.3) is 0 Å². The maximum Gasteiger partial charge on any atom is 0.411 e. The Morgan fingerprint density at radius 1 is 1.21 bits per heavy atom. The van der Waals surface area contributed by atoms with E-state index in [9.17, 15) is 14.7 Å². The maximum atomic E-state index is 11.0. The van der Waals surface area contributed by atoms with Crippen LogP contribution in [0.25, 0.3) is 6.08 Å². The van der Waals surface area contributed by atoms with E-state index in [1.54, 1.807) is 12.3 Å². The molecule has 4 rings (SSSR count). The molecular formula is C18H26N6O5. The van der Waals surface area contributed by atoms with Crippen LogP contribution in [0.5, 0.6) is 0 Å². The zero-order valence-electron chi connectivity index (χ0n) is 16.6. The molecule has 1 aromatic rings. The van der Waals surface area contributed by atoms with Crippen LogP contribution in [0.2, 0.25) is 0 Å². The Hall–Kier alpha value is -3.05. The lowest BCUT2D eigenvalue weighted by molar-refractivity contribution is 0.0529. The molecule has 2 amide bonds. The van der Waals surface area contributed by atoms with Crippen LogP contribution in [0.1, 0.15) is 38.4 Å². The molecule has 0 spiro atoms. The fourth-order valence-corrected chi connectivity index (χ4v) is 3.43. The topological polar surface area (TPSA) is 145 Å².